The van der Waals surface area contributed by atoms with Gasteiger partial charge in [-0.15, -0.1) is 0 Å². The molecular formula is C13H19FN2O3S. The minimum atomic E-state index is -3.20. The number of primary amides is 1. The molecule has 1 aromatic carbocycles. The van der Waals surface area contributed by atoms with Crippen LogP contribution in [0.1, 0.15) is 29.8 Å². The van der Waals surface area contributed by atoms with E-state index in [1.807, 2.05) is 0 Å². The topological polar surface area (TPSA) is 89.3 Å². The molecule has 0 atom stereocenters. The van der Waals surface area contributed by atoms with Crippen LogP contribution in [0, 0.1) is 5.82 Å². The molecule has 1 amide bonds. The third-order valence-electron chi connectivity index (χ3n) is 3.21. The van der Waals surface area contributed by atoms with Crippen LogP contribution in [-0.4, -0.2) is 31.9 Å². The van der Waals surface area contributed by atoms with E-state index in [-0.39, 0.29) is 18.7 Å². The lowest BCUT2D eigenvalue weighted by Gasteiger charge is -2.22. The van der Waals surface area contributed by atoms with E-state index in [4.69, 9.17) is 5.73 Å². The molecule has 20 heavy (non-hydrogen) atoms. The Morgan fingerprint density at radius 2 is 2.00 bits per heavy atom. The molecule has 0 aromatic heterocycles. The predicted octanol–water partition coefficient (Wildman–Crippen LogP) is 0.837. The van der Waals surface area contributed by atoms with Crippen molar-refractivity contribution in [3.8, 4) is 0 Å². The van der Waals surface area contributed by atoms with Gasteiger partial charge in [-0.05, 0) is 26.0 Å². The smallest absolute Gasteiger partial charge is 0.248 e. The second-order valence-corrected chi connectivity index (χ2v) is 7.96. The molecule has 0 unspecified atom stereocenters. The van der Waals surface area contributed by atoms with E-state index in [9.17, 15) is 17.6 Å². The zero-order chi connectivity index (χ0) is 15.6. The van der Waals surface area contributed by atoms with Crippen molar-refractivity contribution in [2.75, 3.05) is 12.8 Å². The lowest BCUT2D eigenvalue weighted by Crippen LogP contribution is -2.41. The Morgan fingerprint density at radius 1 is 1.40 bits per heavy atom. The van der Waals surface area contributed by atoms with Gasteiger partial charge in [-0.1, -0.05) is 6.07 Å². The zero-order valence-corrected chi connectivity index (χ0v) is 12.6. The lowest BCUT2D eigenvalue weighted by molar-refractivity contribution is 0.1000. The predicted molar refractivity (Wildman–Crippen MR) is 75.5 cm³/mol. The van der Waals surface area contributed by atoms with Gasteiger partial charge < -0.3 is 11.1 Å². The summed E-state index contributed by atoms with van der Waals surface area (Å²) in [5.74, 6) is -1.24. The summed E-state index contributed by atoms with van der Waals surface area (Å²) in [4.78, 5) is 10.9. The summed E-state index contributed by atoms with van der Waals surface area (Å²) >= 11 is 0. The quantitative estimate of drug-likeness (QED) is 0.815. The van der Waals surface area contributed by atoms with Gasteiger partial charge in [0, 0.05) is 30.5 Å². The molecule has 0 aliphatic heterocycles. The number of halogens is 1. The SMILES string of the molecule is CC(C)(CNCc1ccc(C(N)=O)cc1F)S(C)(=O)=O. The third-order valence-corrected chi connectivity index (χ3v) is 5.36. The maximum atomic E-state index is 13.7. The first-order valence-electron chi connectivity index (χ1n) is 6.03. The van der Waals surface area contributed by atoms with Crippen LogP contribution in [0.4, 0.5) is 4.39 Å². The Morgan fingerprint density at radius 3 is 2.45 bits per heavy atom. The number of nitrogens with one attached hydrogen (secondary N) is 1. The first-order chi connectivity index (χ1) is 9.04. The molecule has 0 fully saturated rings. The van der Waals surface area contributed by atoms with Gasteiger partial charge in [0.2, 0.25) is 5.91 Å². The average molecular weight is 302 g/mol. The molecule has 112 valence electrons. The summed E-state index contributed by atoms with van der Waals surface area (Å²) < 4.78 is 35.8. The molecule has 7 heteroatoms. The van der Waals surface area contributed by atoms with Crippen molar-refractivity contribution >= 4 is 15.7 Å². The highest BCUT2D eigenvalue weighted by Gasteiger charge is 2.29. The van der Waals surface area contributed by atoms with Gasteiger partial charge in [-0.3, -0.25) is 4.79 Å². The molecule has 0 spiro atoms. The fourth-order valence-electron chi connectivity index (χ4n) is 1.47. The highest BCUT2D eigenvalue weighted by Crippen LogP contribution is 2.15. The Labute approximate surface area is 118 Å². The van der Waals surface area contributed by atoms with Gasteiger partial charge in [-0.2, -0.15) is 0 Å². The number of hydrogen-bond donors (Lipinski definition) is 2. The maximum Gasteiger partial charge on any atom is 0.248 e. The number of benzene rings is 1. The van der Waals surface area contributed by atoms with E-state index in [1.165, 1.54) is 12.1 Å². The first-order valence-corrected chi connectivity index (χ1v) is 7.92. The molecule has 0 aliphatic carbocycles. The van der Waals surface area contributed by atoms with E-state index >= 15 is 0 Å². The van der Waals surface area contributed by atoms with Crippen molar-refractivity contribution in [1.82, 2.24) is 5.32 Å². The van der Waals surface area contributed by atoms with Crippen LogP contribution in [0.25, 0.3) is 0 Å². The third kappa shape index (κ3) is 4.01. The highest BCUT2D eigenvalue weighted by molar-refractivity contribution is 7.92. The minimum absolute atomic E-state index is 0.0997. The normalized spacial score (nSPS) is 12.4. The zero-order valence-electron chi connectivity index (χ0n) is 11.7. The lowest BCUT2D eigenvalue weighted by atomic mass is 10.1. The van der Waals surface area contributed by atoms with Crippen molar-refractivity contribution in [2.45, 2.75) is 25.1 Å². The average Bonchev–Trinajstić information content (AvgIpc) is 2.29. The van der Waals surface area contributed by atoms with E-state index in [0.29, 0.717) is 5.56 Å². The van der Waals surface area contributed by atoms with Crippen molar-refractivity contribution in [1.29, 1.82) is 0 Å². The maximum absolute atomic E-state index is 13.7. The number of hydrogen-bond acceptors (Lipinski definition) is 4. The molecule has 0 heterocycles. The minimum Gasteiger partial charge on any atom is -0.366 e. The monoisotopic (exact) mass is 302 g/mol. The number of carbonyl (C=O) groups is 1. The van der Waals surface area contributed by atoms with Crippen LogP contribution in [0.2, 0.25) is 0 Å². The Hall–Kier alpha value is -1.47. The van der Waals surface area contributed by atoms with Gasteiger partial charge in [0.05, 0.1) is 4.75 Å². The molecule has 0 radical (unpaired) electrons. The Balaban J connectivity index is 2.70. The van der Waals surface area contributed by atoms with Crippen molar-refractivity contribution in [3.63, 3.8) is 0 Å². The van der Waals surface area contributed by atoms with Crippen LogP contribution in [0.15, 0.2) is 18.2 Å². The van der Waals surface area contributed by atoms with Gasteiger partial charge in [0.15, 0.2) is 9.84 Å². The van der Waals surface area contributed by atoms with Crippen LogP contribution < -0.4 is 11.1 Å². The van der Waals surface area contributed by atoms with Gasteiger partial charge in [0.25, 0.3) is 0 Å². The summed E-state index contributed by atoms with van der Waals surface area (Å²) in [6, 6.07) is 3.96. The number of nitrogens with two attached hydrogens (primary N) is 1. The summed E-state index contributed by atoms with van der Waals surface area (Å²) in [6.07, 6.45) is 1.16. The molecule has 0 bridgehead atoms. The van der Waals surface area contributed by atoms with E-state index in [2.05, 4.69) is 5.32 Å². The van der Waals surface area contributed by atoms with E-state index in [0.717, 1.165) is 12.3 Å². The molecule has 1 rings (SSSR count). The summed E-state index contributed by atoms with van der Waals surface area (Å²) in [6.45, 7) is 3.57. The summed E-state index contributed by atoms with van der Waals surface area (Å²) in [5.41, 5.74) is 5.50. The van der Waals surface area contributed by atoms with E-state index in [1.54, 1.807) is 13.8 Å². The van der Waals surface area contributed by atoms with Crippen LogP contribution in [0.3, 0.4) is 0 Å². The molecule has 5 nitrogen and oxygen atoms in total. The Bertz CT molecular complexity index is 612. The standard InChI is InChI=1S/C13H19FN2O3S/c1-13(2,20(3,18)19)8-16-7-10-5-4-9(12(15)17)6-11(10)14/h4-6,16H,7-8H2,1-3H3,(H2,15,17). The highest BCUT2D eigenvalue weighted by atomic mass is 32.2. The van der Waals surface area contributed by atoms with Crippen LogP contribution in [-0.2, 0) is 16.4 Å². The molecule has 1 aromatic rings. The van der Waals surface area contributed by atoms with Crippen LogP contribution >= 0.6 is 0 Å². The molecule has 0 saturated heterocycles. The van der Waals surface area contributed by atoms with Gasteiger partial charge in [0.1, 0.15) is 5.82 Å². The molecular weight excluding hydrogens is 283 g/mol. The van der Waals surface area contributed by atoms with Crippen molar-refractivity contribution in [3.05, 3.63) is 35.1 Å². The fraction of sp³-hybridized carbons (Fsp3) is 0.462. The Kier molecular flexibility index (Phi) is 4.88. The summed E-state index contributed by atoms with van der Waals surface area (Å²) in [5, 5.41) is 2.90. The van der Waals surface area contributed by atoms with Crippen molar-refractivity contribution in [2.24, 2.45) is 5.73 Å². The van der Waals surface area contributed by atoms with Gasteiger partial charge in [-0.25, -0.2) is 12.8 Å². The number of rotatable bonds is 6. The van der Waals surface area contributed by atoms with Crippen molar-refractivity contribution < 1.29 is 17.6 Å². The number of carbonyl (C=O) groups excluding carboxylic acids is 1. The second-order valence-electron chi connectivity index (χ2n) is 5.31. The van der Waals surface area contributed by atoms with Gasteiger partial charge >= 0.3 is 0 Å². The molecule has 0 aliphatic rings. The first kappa shape index (κ1) is 16.6. The number of sulfone groups is 1. The fourth-order valence-corrected chi connectivity index (χ4v) is 1.84. The summed E-state index contributed by atoms with van der Waals surface area (Å²) in [7, 11) is -3.20. The van der Waals surface area contributed by atoms with Crippen LogP contribution in [0.5, 0.6) is 0 Å². The largest absolute Gasteiger partial charge is 0.366 e. The second kappa shape index (κ2) is 5.88. The van der Waals surface area contributed by atoms with E-state index < -0.39 is 26.3 Å². The molecule has 0 saturated carbocycles. The molecule has 3 N–H and O–H groups in total. The number of amides is 1.